The van der Waals surface area contributed by atoms with Crippen LogP contribution in [0, 0.1) is 0 Å². The van der Waals surface area contributed by atoms with Crippen molar-refractivity contribution in [2.45, 2.75) is 0 Å². The van der Waals surface area contributed by atoms with E-state index in [2.05, 4.69) is 240 Å². The molecule has 0 aliphatic rings. The summed E-state index contributed by atoms with van der Waals surface area (Å²) in [5.74, 6) is 0. The Morgan fingerprint density at radius 2 is 0.825 bits per heavy atom. The first-order chi connectivity index (χ1) is 31.3. The minimum atomic E-state index is 0.892. The second-order valence-electron chi connectivity index (χ2n) is 16.1. The van der Waals surface area contributed by atoms with Crippen molar-refractivity contribution in [3.63, 3.8) is 0 Å². The van der Waals surface area contributed by atoms with Gasteiger partial charge < -0.3 is 13.9 Å². The maximum Gasteiger partial charge on any atom is 0.136 e. The molecule has 2 heterocycles. The minimum absolute atomic E-state index is 0.892. The van der Waals surface area contributed by atoms with Crippen molar-refractivity contribution in [2.75, 3.05) is 4.90 Å². The van der Waals surface area contributed by atoms with Crippen LogP contribution in [0.4, 0.5) is 17.1 Å². The molecular formula is C60H40N2O. The molecule has 0 N–H and O–H groups in total. The van der Waals surface area contributed by atoms with E-state index in [0.29, 0.717) is 0 Å². The van der Waals surface area contributed by atoms with Crippen molar-refractivity contribution in [3.05, 3.63) is 243 Å². The maximum atomic E-state index is 6.31. The first kappa shape index (κ1) is 36.5. The van der Waals surface area contributed by atoms with Crippen molar-refractivity contribution < 1.29 is 4.42 Å². The van der Waals surface area contributed by atoms with Gasteiger partial charge in [0.25, 0.3) is 0 Å². The van der Waals surface area contributed by atoms with Gasteiger partial charge >= 0.3 is 0 Å². The lowest BCUT2D eigenvalue weighted by atomic mass is 9.88. The topological polar surface area (TPSA) is 21.3 Å². The fourth-order valence-electron chi connectivity index (χ4n) is 9.53. The number of aromatic nitrogens is 1. The first-order valence-electron chi connectivity index (χ1n) is 21.5. The third-order valence-corrected chi connectivity index (χ3v) is 12.4. The number of anilines is 3. The molecule has 0 amide bonds. The van der Waals surface area contributed by atoms with Gasteiger partial charge in [-0.25, -0.2) is 0 Å². The lowest BCUT2D eigenvalue weighted by Gasteiger charge is -2.29. The fourth-order valence-corrected chi connectivity index (χ4v) is 9.53. The molecule has 0 spiro atoms. The van der Waals surface area contributed by atoms with E-state index < -0.39 is 0 Å². The molecule has 63 heavy (non-hydrogen) atoms. The zero-order valence-electron chi connectivity index (χ0n) is 34.4. The van der Waals surface area contributed by atoms with Gasteiger partial charge in [-0.05, 0) is 106 Å². The van der Waals surface area contributed by atoms with E-state index in [0.717, 1.165) is 72.5 Å². The van der Waals surface area contributed by atoms with E-state index >= 15 is 0 Å². The summed E-state index contributed by atoms with van der Waals surface area (Å²) in [5, 5.41) is 4.71. The SMILES string of the molecule is c1ccc(-c2ccccc2-c2ccccc2-c2ccccc2N(c2ccc(-c3ccc4c(c3)oc3ccccc34)cc2)c2ccc3c4ccccc4n(-c4ccccc4)c3c2)cc1. The van der Waals surface area contributed by atoms with Gasteiger partial charge in [0.1, 0.15) is 11.2 Å². The Labute approximate surface area is 366 Å². The molecule has 0 saturated heterocycles. The number of nitrogens with zero attached hydrogens (tertiary/aromatic N) is 2. The van der Waals surface area contributed by atoms with Gasteiger partial charge in [0.15, 0.2) is 0 Å². The average molecular weight is 805 g/mol. The summed E-state index contributed by atoms with van der Waals surface area (Å²) in [5.41, 5.74) is 17.8. The van der Waals surface area contributed by atoms with E-state index in [4.69, 9.17) is 4.42 Å². The molecule has 0 fully saturated rings. The standard InChI is InChI=1S/C60H40N2O/c1-3-17-42(18-4-1)47-21-7-8-22-48(47)49-23-9-10-24-50(49)51-25-11-14-28-56(51)61(45-34-31-41(32-35-45)43-33-37-55-54-27-13-16-30-59(54)63-60(55)39-43)46-36-38-53-52-26-12-15-29-57(52)62(58(53)40-46)44-19-5-2-6-20-44/h1-40H. The largest absolute Gasteiger partial charge is 0.456 e. The van der Waals surface area contributed by atoms with E-state index in [-0.39, 0.29) is 0 Å². The molecule has 12 rings (SSSR count). The highest BCUT2D eigenvalue weighted by atomic mass is 16.3. The highest BCUT2D eigenvalue weighted by Crippen LogP contribution is 2.47. The van der Waals surface area contributed by atoms with Crippen LogP contribution in [-0.2, 0) is 0 Å². The van der Waals surface area contributed by atoms with Crippen LogP contribution in [0.1, 0.15) is 0 Å². The Hall–Kier alpha value is -8.40. The molecule has 3 nitrogen and oxygen atoms in total. The molecule has 10 aromatic carbocycles. The van der Waals surface area contributed by atoms with Crippen LogP contribution >= 0.6 is 0 Å². The number of furan rings is 1. The smallest absolute Gasteiger partial charge is 0.136 e. The molecule has 12 aromatic rings. The summed E-state index contributed by atoms with van der Waals surface area (Å²) in [6.45, 7) is 0. The van der Waals surface area contributed by atoms with E-state index in [1.54, 1.807) is 0 Å². The molecule has 296 valence electrons. The Bertz CT molecular complexity index is 3620. The summed E-state index contributed by atoms with van der Waals surface area (Å²) in [4.78, 5) is 2.42. The van der Waals surface area contributed by atoms with Crippen molar-refractivity contribution in [2.24, 2.45) is 0 Å². The average Bonchev–Trinajstić information content (AvgIpc) is 3.90. The second kappa shape index (κ2) is 15.3. The number of benzene rings is 10. The van der Waals surface area contributed by atoms with E-state index in [1.807, 2.05) is 12.1 Å². The Morgan fingerprint density at radius 1 is 0.302 bits per heavy atom. The molecule has 0 saturated carbocycles. The molecule has 2 aromatic heterocycles. The van der Waals surface area contributed by atoms with Crippen molar-refractivity contribution >= 4 is 60.8 Å². The number of hydrogen-bond donors (Lipinski definition) is 0. The molecule has 0 radical (unpaired) electrons. The van der Waals surface area contributed by atoms with Gasteiger partial charge in [-0.3, -0.25) is 0 Å². The van der Waals surface area contributed by atoms with Crippen LogP contribution in [0.2, 0.25) is 0 Å². The molecule has 3 heteroatoms. The number of rotatable bonds is 8. The lowest BCUT2D eigenvalue weighted by molar-refractivity contribution is 0.669. The molecule has 0 unspecified atom stereocenters. The maximum absolute atomic E-state index is 6.31. The fraction of sp³-hybridized carbons (Fsp3) is 0. The van der Waals surface area contributed by atoms with Gasteiger partial charge in [0, 0.05) is 44.2 Å². The lowest BCUT2D eigenvalue weighted by Crippen LogP contribution is -2.11. The zero-order chi connectivity index (χ0) is 41.7. The molecule has 0 bridgehead atoms. The summed E-state index contributed by atoms with van der Waals surface area (Å²) in [7, 11) is 0. The van der Waals surface area contributed by atoms with Crippen LogP contribution in [-0.4, -0.2) is 4.57 Å². The summed E-state index contributed by atoms with van der Waals surface area (Å²) in [6.07, 6.45) is 0. The third-order valence-electron chi connectivity index (χ3n) is 12.4. The molecule has 0 aliphatic heterocycles. The van der Waals surface area contributed by atoms with E-state index in [9.17, 15) is 0 Å². The number of hydrogen-bond acceptors (Lipinski definition) is 2. The van der Waals surface area contributed by atoms with E-state index in [1.165, 1.54) is 38.5 Å². The van der Waals surface area contributed by atoms with Gasteiger partial charge in [-0.15, -0.1) is 0 Å². The Kier molecular flexibility index (Phi) is 8.83. The van der Waals surface area contributed by atoms with Crippen LogP contribution in [0.25, 0.3) is 93.9 Å². The van der Waals surface area contributed by atoms with Crippen LogP contribution in [0.5, 0.6) is 0 Å². The van der Waals surface area contributed by atoms with Crippen LogP contribution < -0.4 is 4.90 Å². The Morgan fingerprint density at radius 3 is 1.60 bits per heavy atom. The highest BCUT2D eigenvalue weighted by Gasteiger charge is 2.22. The number of para-hydroxylation sites is 4. The third kappa shape index (κ3) is 6.29. The monoisotopic (exact) mass is 804 g/mol. The predicted octanol–water partition coefficient (Wildman–Crippen LogP) is 16.8. The van der Waals surface area contributed by atoms with Crippen molar-refractivity contribution in [3.8, 4) is 50.2 Å². The highest BCUT2D eigenvalue weighted by molar-refractivity contribution is 6.11. The van der Waals surface area contributed by atoms with Gasteiger partial charge in [0.2, 0.25) is 0 Å². The summed E-state index contributed by atoms with van der Waals surface area (Å²) < 4.78 is 8.70. The van der Waals surface area contributed by atoms with Crippen molar-refractivity contribution in [1.82, 2.24) is 4.57 Å². The number of fused-ring (bicyclic) bond motifs is 6. The first-order valence-corrected chi connectivity index (χ1v) is 21.5. The van der Waals surface area contributed by atoms with Crippen LogP contribution in [0.15, 0.2) is 247 Å². The second-order valence-corrected chi connectivity index (χ2v) is 16.1. The van der Waals surface area contributed by atoms with Crippen molar-refractivity contribution in [1.29, 1.82) is 0 Å². The zero-order valence-corrected chi connectivity index (χ0v) is 34.4. The van der Waals surface area contributed by atoms with Gasteiger partial charge in [-0.2, -0.15) is 0 Å². The van der Waals surface area contributed by atoms with Gasteiger partial charge in [-0.1, -0.05) is 176 Å². The normalized spacial score (nSPS) is 11.5. The van der Waals surface area contributed by atoms with Crippen LogP contribution in [0.3, 0.4) is 0 Å². The summed E-state index contributed by atoms with van der Waals surface area (Å²) in [6, 6.07) is 87.2. The molecular weight excluding hydrogens is 765 g/mol. The summed E-state index contributed by atoms with van der Waals surface area (Å²) >= 11 is 0. The molecule has 0 atom stereocenters. The quantitative estimate of drug-likeness (QED) is 0.153. The van der Waals surface area contributed by atoms with Gasteiger partial charge in [0.05, 0.1) is 16.7 Å². The minimum Gasteiger partial charge on any atom is -0.456 e. The Balaban J connectivity index is 1.06. The molecule has 0 aliphatic carbocycles. The predicted molar refractivity (Wildman–Crippen MR) is 264 cm³/mol.